The number of hydrogen-bond donors (Lipinski definition) is 2. The molecule has 2 N–H and O–H groups in total. The van der Waals surface area contributed by atoms with E-state index in [9.17, 15) is 4.79 Å². The summed E-state index contributed by atoms with van der Waals surface area (Å²) in [6.45, 7) is 8.45. The van der Waals surface area contributed by atoms with Gasteiger partial charge in [0.15, 0.2) is 0 Å². The van der Waals surface area contributed by atoms with Crippen molar-refractivity contribution in [2.24, 2.45) is 0 Å². The first-order valence-corrected chi connectivity index (χ1v) is 7.36. The highest BCUT2D eigenvalue weighted by molar-refractivity contribution is 5.83. The number of nitrogens with zero attached hydrogens (tertiary/aromatic N) is 1. The van der Waals surface area contributed by atoms with Crippen LogP contribution < -0.4 is 10.6 Å². The first kappa shape index (κ1) is 15.4. The number of pyridine rings is 1. The maximum atomic E-state index is 11.9. The minimum Gasteiger partial charge on any atom is -0.353 e. The molecule has 0 fully saturated rings. The fraction of sp³-hybridized carbons (Fsp3) is 0.412. The minimum atomic E-state index is -0.223. The lowest BCUT2D eigenvalue weighted by molar-refractivity contribution is -0.123. The highest BCUT2D eigenvalue weighted by atomic mass is 16.2. The van der Waals surface area contributed by atoms with Crippen molar-refractivity contribution in [3.05, 3.63) is 41.6 Å². The van der Waals surface area contributed by atoms with E-state index >= 15 is 0 Å². The molecule has 21 heavy (non-hydrogen) atoms. The molecular weight excluding hydrogens is 262 g/mol. The Labute approximate surface area is 126 Å². The number of aryl methyl sites for hydroxylation is 1. The van der Waals surface area contributed by atoms with Gasteiger partial charge >= 0.3 is 0 Å². The quantitative estimate of drug-likeness (QED) is 0.887. The van der Waals surface area contributed by atoms with Crippen molar-refractivity contribution >= 4 is 16.8 Å². The van der Waals surface area contributed by atoms with Crippen LogP contribution in [0.15, 0.2) is 30.3 Å². The molecule has 0 aliphatic rings. The molecule has 0 aliphatic heterocycles. The number of rotatable bonds is 5. The van der Waals surface area contributed by atoms with E-state index in [-0.39, 0.29) is 18.0 Å². The standard InChI is InChI=1S/C17H23N3O/c1-11(2)19-17(21)13(4)18-10-14-9-12(3)20-16-8-6-5-7-15(14)16/h5-9,11,13,18H,10H2,1-4H3,(H,19,21). The third-order valence-corrected chi connectivity index (χ3v) is 3.35. The SMILES string of the molecule is Cc1cc(CNC(C)C(=O)NC(C)C)c2ccccc2n1. The smallest absolute Gasteiger partial charge is 0.237 e. The van der Waals surface area contributed by atoms with Gasteiger partial charge in [-0.25, -0.2) is 0 Å². The van der Waals surface area contributed by atoms with Gasteiger partial charge in [-0.1, -0.05) is 18.2 Å². The van der Waals surface area contributed by atoms with E-state index in [1.54, 1.807) is 0 Å². The molecule has 1 aromatic carbocycles. The predicted molar refractivity (Wildman–Crippen MR) is 86.1 cm³/mol. The number of nitrogens with one attached hydrogen (secondary N) is 2. The van der Waals surface area contributed by atoms with E-state index in [1.807, 2.05) is 45.9 Å². The van der Waals surface area contributed by atoms with Crippen LogP contribution in [0.4, 0.5) is 0 Å². The Morgan fingerprint density at radius 3 is 2.67 bits per heavy atom. The molecule has 1 atom stereocenters. The summed E-state index contributed by atoms with van der Waals surface area (Å²) in [6, 6.07) is 10.1. The number of carbonyl (C=O) groups excluding carboxylic acids is 1. The number of para-hydroxylation sites is 1. The molecule has 4 nitrogen and oxygen atoms in total. The summed E-state index contributed by atoms with van der Waals surface area (Å²) in [6.07, 6.45) is 0. The Hall–Kier alpha value is -1.94. The van der Waals surface area contributed by atoms with Gasteiger partial charge in [0.25, 0.3) is 0 Å². The van der Waals surface area contributed by atoms with E-state index in [0.717, 1.165) is 16.6 Å². The van der Waals surface area contributed by atoms with Crippen LogP contribution in [-0.2, 0) is 11.3 Å². The molecule has 2 rings (SSSR count). The summed E-state index contributed by atoms with van der Waals surface area (Å²) in [5.74, 6) is 0.0279. The van der Waals surface area contributed by atoms with Crippen LogP contribution in [0.25, 0.3) is 10.9 Å². The van der Waals surface area contributed by atoms with Crippen LogP contribution in [0, 0.1) is 6.92 Å². The molecule has 0 aliphatic carbocycles. The zero-order chi connectivity index (χ0) is 15.4. The number of hydrogen-bond acceptors (Lipinski definition) is 3. The third-order valence-electron chi connectivity index (χ3n) is 3.35. The fourth-order valence-electron chi connectivity index (χ4n) is 2.31. The maximum absolute atomic E-state index is 11.9. The van der Waals surface area contributed by atoms with Crippen LogP contribution in [0.3, 0.4) is 0 Å². The molecule has 0 saturated heterocycles. The average Bonchev–Trinajstić information content (AvgIpc) is 2.43. The first-order chi connectivity index (χ1) is 9.97. The van der Waals surface area contributed by atoms with Crippen molar-refractivity contribution in [3.8, 4) is 0 Å². The largest absolute Gasteiger partial charge is 0.353 e. The molecule has 0 radical (unpaired) electrons. The summed E-state index contributed by atoms with van der Waals surface area (Å²) < 4.78 is 0. The summed E-state index contributed by atoms with van der Waals surface area (Å²) in [4.78, 5) is 16.5. The number of benzene rings is 1. The monoisotopic (exact) mass is 285 g/mol. The van der Waals surface area contributed by atoms with Crippen molar-refractivity contribution in [2.45, 2.75) is 46.3 Å². The topological polar surface area (TPSA) is 54.0 Å². The zero-order valence-electron chi connectivity index (χ0n) is 13.1. The van der Waals surface area contributed by atoms with Gasteiger partial charge in [0.1, 0.15) is 0 Å². The second-order valence-corrected chi connectivity index (χ2v) is 5.71. The molecule has 1 heterocycles. The van der Waals surface area contributed by atoms with Gasteiger partial charge in [-0.3, -0.25) is 9.78 Å². The van der Waals surface area contributed by atoms with Gasteiger partial charge in [-0.15, -0.1) is 0 Å². The lowest BCUT2D eigenvalue weighted by atomic mass is 10.1. The first-order valence-electron chi connectivity index (χ1n) is 7.36. The van der Waals surface area contributed by atoms with Gasteiger partial charge in [-0.05, 0) is 45.4 Å². The number of fused-ring (bicyclic) bond motifs is 1. The lowest BCUT2D eigenvalue weighted by Crippen LogP contribution is -2.44. The van der Waals surface area contributed by atoms with Crippen molar-refractivity contribution < 1.29 is 4.79 Å². The Balaban J connectivity index is 2.11. The lowest BCUT2D eigenvalue weighted by Gasteiger charge is -2.17. The molecule has 1 aromatic heterocycles. The molecule has 1 amide bonds. The number of amides is 1. The normalized spacial score (nSPS) is 12.6. The minimum absolute atomic E-state index is 0.0279. The van der Waals surface area contributed by atoms with Crippen LogP contribution in [0.5, 0.6) is 0 Å². The summed E-state index contributed by atoms with van der Waals surface area (Å²) >= 11 is 0. The molecule has 0 spiro atoms. The number of aromatic nitrogens is 1. The van der Waals surface area contributed by atoms with Gasteiger partial charge in [0.2, 0.25) is 5.91 Å². The van der Waals surface area contributed by atoms with E-state index in [0.29, 0.717) is 6.54 Å². The molecule has 1 unspecified atom stereocenters. The van der Waals surface area contributed by atoms with Gasteiger partial charge in [0.05, 0.1) is 11.6 Å². The van der Waals surface area contributed by atoms with E-state index in [4.69, 9.17) is 0 Å². The molecule has 112 valence electrons. The Morgan fingerprint density at radius 2 is 1.95 bits per heavy atom. The highest BCUT2D eigenvalue weighted by Gasteiger charge is 2.13. The summed E-state index contributed by atoms with van der Waals surface area (Å²) in [5, 5.41) is 7.33. The van der Waals surface area contributed by atoms with E-state index in [1.165, 1.54) is 5.56 Å². The molecular formula is C17H23N3O. The van der Waals surface area contributed by atoms with Gasteiger partial charge in [-0.2, -0.15) is 0 Å². The van der Waals surface area contributed by atoms with Crippen LogP contribution in [-0.4, -0.2) is 23.0 Å². The zero-order valence-corrected chi connectivity index (χ0v) is 13.1. The van der Waals surface area contributed by atoms with Crippen LogP contribution in [0.2, 0.25) is 0 Å². The molecule has 4 heteroatoms. The van der Waals surface area contributed by atoms with Crippen molar-refractivity contribution in [1.29, 1.82) is 0 Å². The summed E-state index contributed by atoms with van der Waals surface area (Å²) in [7, 11) is 0. The summed E-state index contributed by atoms with van der Waals surface area (Å²) in [5.41, 5.74) is 3.15. The van der Waals surface area contributed by atoms with Crippen LogP contribution >= 0.6 is 0 Å². The predicted octanol–water partition coefficient (Wildman–Crippen LogP) is 2.55. The second kappa shape index (κ2) is 6.68. The Morgan fingerprint density at radius 1 is 1.24 bits per heavy atom. The second-order valence-electron chi connectivity index (χ2n) is 5.71. The fourth-order valence-corrected chi connectivity index (χ4v) is 2.31. The van der Waals surface area contributed by atoms with Gasteiger partial charge in [0, 0.05) is 23.7 Å². The van der Waals surface area contributed by atoms with Crippen molar-refractivity contribution in [3.63, 3.8) is 0 Å². The van der Waals surface area contributed by atoms with E-state index < -0.39 is 0 Å². The third kappa shape index (κ3) is 4.02. The highest BCUT2D eigenvalue weighted by Crippen LogP contribution is 2.18. The molecule has 0 saturated carbocycles. The average molecular weight is 285 g/mol. The van der Waals surface area contributed by atoms with Crippen molar-refractivity contribution in [1.82, 2.24) is 15.6 Å². The van der Waals surface area contributed by atoms with Crippen LogP contribution in [0.1, 0.15) is 32.0 Å². The Kier molecular flexibility index (Phi) is 4.91. The van der Waals surface area contributed by atoms with E-state index in [2.05, 4.69) is 27.8 Å². The Bertz CT molecular complexity index is 637. The maximum Gasteiger partial charge on any atom is 0.237 e. The molecule has 0 bridgehead atoms. The van der Waals surface area contributed by atoms with Crippen molar-refractivity contribution in [2.75, 3.05) is 0 Å². The molecule has 2 aromatic rings. The number of carbonyl (C=O) groups is 1. The van der Waals surface area contributed by atoms with Gasteiger partial charge < -0.3 is 10.6 Å².